The van der Waals surface area contributed by atoms with Crippen LogP contribution in [0.1, 0.15) is 20.3 Å². The van der Waals surface area contributed by atoms with E-state index in [-0.39, 0.29) is 0 Å². The third-order valence-corrected chi connectivity index (χ3v) is 4.11. The van der Waals surface area contributed by atoms with Crippen molar-refractivity contribution in [2.45, 2.75) is 26.3 Å². The van der Waals surface area contributed by atoms with Crippen LogP contribution in [0.25, 0.3) is 0 Å². The fourth-order valence-electron chi connectivity index (χ4n) is 2.87. The SMILES string of the molecule is CCN1CCN(C2CNCCC2C)CC1. The van der Waals surface area contributed by atoms with Crippen LogP contribution >= 0.6 is 0 Å². The van der Waals surface area contributed by atoms with Crippen molar-refractivity contribution in [3.05, 3.63) is 0 Å². The molecule has 2 unspecified atom stereocenters. The molecule has 2 fully saturated rings. The topological polar surface area (TPSA) is 18.5 Å². The van der Waals surface area contributed by atoms with E-state index < -0.39 is 0 Å². The highest BCUT2D eigenvalue weighted by Gasteiger charge is 2.28. The highest BCUT2D eigenvalue weighted by atomic mass is 15.3. The molecule has 2 rings (SSSR count). The van der Waals surface area contributed by atoms with Gasteiger partial charge in [-0.05, 0) is 25.4 Å². The molecule has 2 aliphatic heterocycles. The number of nitrogens with zero attached hydrogens (tertiary/aromatic N) is 2. The average Bonchev–Trinajstić information content (AvgIpc) is 2.30. The van der Waals surface area contributed by atoms with Crippen molar-refractivity contribution in [1.82, 2.24) is 15.1 Å². The summed E-state index contributed by atoms with van der Waals surface area (Å²) in [6, 6.07) is 0.790. The molecule has 0 aromatic rings. The van der Waals surface area contributed by atoms with Gasteiger partial charge in [0.25, 0.3) is 0 Å². The van der Waals surface area contributed by atoms with Crippen molar-refractivity contribution in [2.24, 2.45) is 5.92 Å². The fraction of sp³-hybridized carbons (Fsp3) is 1.00. The van der Waals surface area contributed by atoms with Crippen molar-refractivity contribution in [1.29, 1.82) is 0 Å². The van der Waals surface area contributed by atoms with E-state index in [4.69, 9.17) is 0 Å². The molecule has 88 valence electrons. The van der Waals surface area contributed by atoms with Gasteiger partial charge < -0.3 is 10.2 Å². The number of likely N-dealkylation sites (N-methyl/N-ethyl adjacent to an activating group) is 1. The summed E-state index contributed by atoms with van der Waals surface area (Å²) in [6.07, 6.45) is 1.35. The Kier molecular flexibility index (Phi) is 4.00. The molecule has 0 amide bonds. The molecular formula is C12H25N3. The van der Waals surface area contributed by atoms with Crippen LogP contribution in [0.15, 0.2) is 0 Å². The lowest BCUT2D eigenvalue weighted by molar-refractivity contribution is 0.0633. The summed E-state index contributed by atoms with van der Waals surface area (Å²) in [5.74, 6) is 0.874. The number of hydrogen-bond donors (Lipinski definition) is 1. The standard InChI is InChI=1S/C12H25N3/c1-3-14-6-8-15(9-7-14)12-10-13-5-4-11(12)2/h11-13H,3-10H2,1-2H3. The summed E-state index contributed by atoms with van der Waals surface area (Å²) < 4.78 is 0. The van der Waals surface area contributed by atoms with E-state index in [0.717, 1.165) is 12.0 Å². The molecule has 2 atom stereocenters. The minimum Gasteiger partial charge on any atom is -0.315 e. The van der Waals surface area contributed by atoms with Crippen LogP contribution in [0.4, 0.5) is 0 Å². The van der Waals surface area contributed by atoms with E-state index >= 15 is 0 Å². The largest absolute Gasteiger partial charge is 0.315 e. The van der Waals surface area contributed by atoms with Crippen LogP contribution in [-0.4, -0.2) is 61.7 Å². The van der Waals surface area contributed by atoms with Crippen LogP contribution in [0.3, 0.4) is 0 Å². The average molecular weight is 211 g/mol. The van der Waals surface area contributed by atoms with Gasteiger partial charge in [-0.3, -0.25) is 4.90 Å². The van der Waals surface area contributed by atoms with Crippen molar-refractivity contribution >= 4 is 0 Å². The monoisotopic (exact) mass is 211 g/mol. The number of hydrogen-bond acceptors (Lipinski definition) is 3. The summed E-state index contributed by atoms with van der Waals surface area (Å²) in [6.45, 7) is 13.4. The van der Waals surface area contributed by atoms with Crippen molar-refractivity contribution in [2.75, 3.05) is 45.8 Å². The van der Waals surface area contributed by atoms with E-state index in [1.807, 2.05) is 0 Å². The highest BCUT2D eigenvalue weighted by molar-refractivity contribution is 4.86. The first-order valence-corrected chi connectivity index (χ1v) is 6.48. The number of piperazine rings is 1. The molecule has 2 saturated heterocycles. The molecular weight excluding hydrogens is 186 g/mol. The molecule has 0 spiro atoms. The molecule has 15 heavy (non-hydrogen) atoms. The Balaban J connectivity index is 1.83. The van der Waals surface area contributed by atoms with E-state index in [9.17, 15) is 0 Å². The number of piperidine rings is 1. The molecule has 2 aliphatic rings. The second-order valence-corrected chi connectivity index (χ2v) is 5.01. The molecule has 0 aromatic carbocycles. The molecule has 0 aliphatic carbocycles. The Bertz CT molecular complexity index is 187. The Hall–Kier alpha value is -0.120. The third-order valence-electron chi connectivity index (χ3n) is 4.11. The normalized spacial score (nSPS) is 35.6. The van der Waals surface area contributed by atoms with Gasteiger partial charge in [0.05, 0.1) is 0 Å². The van der Waals surface area contributed by atoms with Gasteiger partial charge in [0.2, 0.25) is 0 Å². The summed E-state index contributed by atoms with van der Waals surface area (Å²) in [7, 11) is 0. The van der Waals surface area contributed by atoms with Crippen LogP contribution in [0.2, 0.25) is 0 Å². The molecule has 0 saturated carbocycles. The highest BCUT2D eigenvalue weighted by Crippen LogP contribution is 2.18. The fourth-order valence-corrected chi connectivity index (χ4v) is 2.87. The zero-order chi connectivity index (χ0) is 10.7. The molecule has 0 aromatic heterocycles. The quantitative estimate of drug-likeness (QED) is 0.722. The first kappa shape index (κ1) is 11.4. The summed E-state index contributed by atoms with van der Waals surface area (Å²) in [4.78, 5) is 5.25. The van der Waals surface area contributed by atoms with Crippen molar-refractivity contribution < 1.29 is 0 Å². The first-order chi connectivity index (χ1) is 7.31. The van der Waals surface area contributed by atoms with Gasteiger partial charge >= 0.3 is 0 Å². The van der Waals surface area contributed by atoms with Gasteiger partial charge in [0, 0.05) is 38.8 Å². The minimum atomic E-state index is 0.790. The Morgan fingerprint density at radius 2 is 1.93 bits per heavy atom. The van der Waals surface area contributed by atoms with Crippen molar-refractivity contribution in [3.63, 3.8) is 0 Å². The van der Waals surface area contributed by atoms with Crippen LogP contribution in [-0.2, 0) is 0 Å². The molecule has 2 heterocycles. The maximum absolute atomic E-state index is 3.53. The maximum atomic E-state index is 3.53. The van der Waals surface area contributed by atoms with Gasteiger partial charge in [-0.2, -0.15) is 0 Å². The van der Waals surface area contributed by atoms with Crippen LogP contribution in [0, 0.1) is 5.92 Å². The second kappa shape index (κ2) is 5.28. The summed E-state index contributed by atoms with van der Waals surface area (Å²) >= 11 is 0. The molecule has 0 bridgehead atoms. The zero-order valence-electron chi connectivity index (χ0n) is 10.2. The summed E-state index contributed by atoms with van der Waals surface area (Å²) in [5, 5.41) is 3.53. The Morgan fingerprint density at radius 3 is 2.53 bits per heavy atom. The van der Waals surface area contributed by atoms with Crippen molar-refractivity contribution in [3.8, 4) is 0 Å². The molecule has 0 radical (unpaired) electrons. The lowest BCUT2D eigenvalue weighted by Gasteiger charge is -2.43. The lowest BCUT2D eigenvalue weighted by atomic mass is 9.93. The van der Waals surface area contributed by atoms with Crippen LogP contribution in [0.5, 0.6) is 0 Å². The van der Waals surface area contributed by atoms with E-state index in [1.54, 1.807) is 0 Å². The van der Waals surface area contributed by atoms with E-state index in [2.05, 4.69) is 29.0 Å². The van der Waals surface area contributed by atoms with Gasteiger partial charge in [-0.15, -0.1) is 0 Å². The first-order valence-electron chi connectivity index (χ1n) is 6.48. The maximum Gasteiger partial charge on any atom is 0.0247 e. The molecule has 1 N–H and O–H groups in total. The Morgan fingerprint density at radius 1 is 1.20 bits per heavy atom. The lowest BCUT2D eigenvalue weighted by Crippen LogP contribution is -2.56. The zero-order valence-corrected chi connectivity index (χ0v) is 10.2. The van der Waals surface area contributed by atoms with Gasteiger partial charge in [-0.1, -0.05) is 13.8 Å². The van der Waals surface area contributed by atoms with E-state index in [1.165, 1.54) is 52.2 Å². The van der Waals surface area contributed by atoms with Gasteiger partial charge in [0.15, 0.2) is 0 Å². The smallest absolute Gasteiger partial charge is 0.0247 e. The number of nitrogens with one attached hydrogen (secondary N) is 1. The third kappa shape index (κ3) is 2.71. The minimum absolute atomic E-state index is 0.790. The van der Waals surface area contributed by atoms with Gasteiger partial charge in [-0.25, -0.2) is 0 Å². The number of rotatable bonds is 2. The predicted octanol–water partition coefficient (Wildman–Crippen LogP) is 0.622. The van der Waals surface area contributed by atoms with Gasteiger partial charge in [0.1, 0.15) is 0 Å². The van der Waals surface area contributed by atoms with Crippen LogP contribution < -0.4 is 5.32 Å². The van der Waals surface area contributed by atoms with E-state index in [0.29, 0.717) is 0 Å². The molecule has 3 heteroatoms. The Labute approximate surface area is 93.8 Å². The second-order valence-electron chi connectivity index (χ2n) is 5.01. The predicted molar refractivity (Wildman–Crippen MR) is 64.1 cm³/mol. The summed E-state index contributed by atoms with van der Waals surface area (Å²) in [5.41, 5.74) is 0. The molecule has 3 nitrogen and oxygen atoms in total.